The molecule has 1 aliphatic rings. The second kappa shape index (κ2) is 10.9. The summed E-state index contributed by atoms with van der Waals surface area (Å²) >= 11 is 0. The maximum absolute atomic E-state index is 13.2. The zero-order valence-electron chi connectivity index (χ0n) is 21.1. The second-order valence-electron chi connectivity index (χ2n) is 8.47. The largest absolute Gasteiger partial charge is 0.490 e. The van der Waals surface area contributed by atoms with Crippen molar-refractivity contribution in [2.45, 2.75) is 32.1 Å². The van der Waals surface area contributed by atoms with Crippen molar-refractivity contribution in [1.82, 2.24) is 5.32 Å². The van der Waals surface area contributed by atoms with Crippen molar-refractivity contribution in [2.75, 3.05) is 11.5 Å². The van der Waals surface area contributed by atoms with E-state index in [1.165, 1.54) is 36.4 Å². The molecular weight excluding hydrogens is 508 g/mol. The lowest BCUT2D eigenvalue weighted by Crippen LogP contribution is -2.54. The first-order valence-corrected chi connectivity index (χ1v) is 13.3. The van der Waals surface area contributed by atoms with Crippen LogP contribution in [0.25, 0.3) is 6.08 Å². The number of anilines is 1. The number of ether oxygens (including phenoxy) is 1. The number of hydrogen-bond donors (Lipinski definition) is 1. The molecule has 1 saturated heterocycles. The van der Waals surface area contributed by atoms with Crippen molar-refractivity contribution < 1.29 is 31.7 Å². The maximum atomic E-state index is 13.2. The minimum Gasteiger partial charge on any atom is -0.490 e. The number of barbiturate groups is 1. The van der Waals surface area contributed by atoms with Crippen LogP contribution in [0, 0.1) is 6.92 Å². The average molecular weight is 535 g/mol. The number of nitrogens with zero attached hydrogens (tertiary/aromatic N) is 1. The molecule has 38 heavy (non-hydrogen) atoms. The molecule has 1 heterocycles. The number of nitrogens with one attached hydrogen (secondary N) is 1. The summed E-state index contributed by atoms with van der Waals surface area (Å²) in [7, 11) is -4.14. The van der Waals surface area contributed by atoms with E-state index in [0.717, 1.165) is 22.4 Å². The van der Waals surface area contributed by atoms with Crippen LogP contribution in [0.2, 0.25) is 0 Å². The minimum absolute atomic E-state index is 0.0158. The molecule has 10 heteroatoms. The van der Waals surface area contributed by atoms with Crippen LogP contribution < -0.4 is 19.1 Å². The summed E-state index contributed by atoms with van der Waals surface area (Å²) < 4.78 is 36.5. The van der Waals surface area contributed by atoms with Crippen LogP contribution in [0.4, 0.5) is 10.5 Å². The summed E-state index contributed by atoms with van der Waals surface area (Å²) in [6.07, 6.45) is 2.09. The van der Waals surface area contributed by atoms with Crippen molar-refractivity contribution in [3.63, 3.8) is 0 Å². The van der Waals surface area contributed by atoms with Crippen LogP contribution in [-0.4, -0.2) is 32.9 Å². The van der Waals surface area contributed by atoms with Gasteiger partial charge in [0.15, 0.2) is 11.5 Å². The van der Waals surface area contributed by atoms with Gasteiger partial charge in [0, 0.05) is 0 Å². The van der Waals surface area contributed by atoms with Gasteiger partial charge in [-0.1, -0.05) is 42.8 Å². The molecule has 0 aliphatic carbocycles. The van der Waals surface area contributed by atoms with Crippen molar-refractivity contribution in [3.8, 4) is 11.5 Å². The van der Waals surface area contributed by atoms with Crippen LogP contribution in [0.1, 0.15) is 30.5 Å². The predicted molar refractivity (Wildman–Crippen MR) is 141 cm³/mol. The molecule has 4 amide bonds. The average Bonchev–Trinajstić information content (AvgIpc) is 2.88. The molecule has 0 bridgehead atoms. The molecule has 1 fully saturated rings. The quantitative estimate of drug-likeness (QED) is 0.259. The van der Waals surface area contributed by atoms with E-state index in [9.17, 15) is 22.8 Å². The molecule has 1 N–H and O–H groups in total. The highest BCUT2D eigenvalue weighted by Crippen LogP contribution is 2.32. The number of aryl methyl sites for hydroxylation is 2. The fraction of sp³-hybridized carbons (Fsp3) is 0.179. The van der Waals surface area contributed by atoms with E-state index in [-0.39, 0.29) is 28.6 Å². The van der Waals surface area contributed by atoms with Crippen LogP contribution in [0.5, 0.6) is 11.5 Å². The smallest absolute Gasteiger partial charge is 0.339 e. The fourth-order valence-corrected chi connectivity index (χ4v) is 4.70. The number of hydrogen-bond acceptors (Lipinski definition) is 7. The summed E-state index contributed by atoms with van der Waals surface area (Å²) in [5, 5.41) is 2.19. The van der Waals surface area contributed by atoms with Crippen molar-refractivity contribution >= 4 is 39.7 Å². The monoisotopic (exact) mass is 534 g/mol. The van der Waals surface area contributed by atoms with E-state index in [1.807, 2.05) is 13.8 Å². The molecule has 9 nitrogen and oxygen atoms in total. The number of carbonyl (C=O) groups excluding carboxylic acids is 3. The molecular formula is C28H26N2O7S. The predicted octanol–water partition coefficient (Wildman–Crippen LogP) is 4.39. The molecule has 0 saturated carbocycles. The first kappa shape index (κ1) is 26.6. The minimum atomic E-state index is -4.14. The van der Waals surface area contributed by atoms with Gasteiger partial charge in [0.2, 0.25) is 0 Å². The Balaban J connectivity index is 1.66. The second-order valence-corrected chi connectivity index (χ2v) is 10.0. The summed E-state index contributed by atoms with van der Waals surface area (Å²) in [4.78, 5) is 39.1. The van der Waals surface area contributed by atoms with Gasteiger partial charge in [-0.2, -0.15) is 8.42 Å². The Morgan fingerprint density at radius 2 is 1.58 bits per heavy atom. The summed E-state index contributed by atoms with van der Waals surface area (Å²) in [6.45, 7) is 5.75. The van der Waals surface area contributed by atoms with Crippen LogP contribution in [0.15, 0.2) is 77.2 Å². The number of amides is 4. The molecule has 0 radical (unpaired) electrons. The molecule has 3 aromatic rings. The number of rotatable bonds is 8. The zero-order chi connectivity index (χ0) is 27.4. The van der Waals surface area contributed by atoms with Gasteiger partial charge in [0.25, 0.3) is 11.8 Å². The van der Waals surface area contributed by atoms with Gasteiger partial charge in [0.1, 0.15) is 10.5 Å². The van der Waals surface area contributed by atoms with Crippen molar-refractivity contribution in [2.24, 2.45) is 0 Å². The first-order valence-electron chi connectivity index (χ1n) is 11.9. The molecule has 0 spiro atoms. The highest BCUT2D eigenvalue weighted by molar-refractivity contribution is 7.87. The Hall–Kier alpha value is -4.44. The molecule has 1 aliphatic heterocycles. The van der Waals surface area contributed by atoms with Crippen LogP contribution in [-0.2, 0) is 26.1 Å². The Kier molecular flexibility index (Phi) is 7.63. The number of imide groups is 2. The molecule has 196 valence electrons. The lowest BCUT2D eigenvalue weighted by atomic mass is 10.1. The first-order chi connectivity index (χ1) is 18.1. The van der Waals surface area contributed by atoms with Gasteiger partial charge in [0.05, 0.1) is 12.3 Å². The van der Waals surface area contributed by atoms with Gasteiger partial charge >= 0.3 is 16.1 Å². The normalized spacial score (nSPS) is 15.0. The number of benzene rings is 3. The van der Waals surface area contributed by atoms with Gasteiger partial charge in [-0.25, -0.2) is 9.69 Å². The lowest BCUT2D eigenvalue weighted by Gasteiger charge is -2.26. The Morgan fingerprint density at radius 1 is 0.895 bits per heavy atom. The van der Waals surface area contributed by atoms with Crippen LogP contribution in [0.3, 0.4) is 0 Å². The van der Waals surface area contributed by atoms with Crippen molar-refractivity contribution in [3.05, 3.63) is 89.0 Å². The zero-order valence-corrected chi connectivity index (χ0v) is 21.9. The molecule has 0 unspecified atom stereocenters. The molecule has 3 aromatic carbocycles. The summed E-state index contributed by atoms with van der Waals surface area (Å²) in [6, 6.07) is 16.5. The van der Waals surface area contributed by atoms with Gasteiger partial charge in [-0.05, 0) is 73.9 Å². The fourth-order valence-electron chi connectivity index (χ4n) is 3.76. The molecule has 4 rings (SSSR count). The van der Waals surface area contributed by atoms with E-state index in [0.29, 0.717) is 11.3 Å². The number of carbonyl (C=O) groups is 3. The van der Waals surface area contributed by atoms with Crippen molar-refractivity contribution in [1.29, 1.82) is 0 Å². The highest BCUT2D eigenvalue weighted by atomic mass is 32.2. The Labute approximate surface area is 220 Å². The third kappa shape index (κ3) is 5.60. The van der Waals surface area contributed by atoms with E-state index < -0.39 is 28.0 Å². The van der Waals surface area contributed by atoms with Crippen LogP contribution >= 0.6 is 0 Å². The summed E-state index contributed by atoms with van der Waals surface area (Å²) in [5.74, 6) is -1.59. The Bertz CT molecular complexity index is 1530. The third-order valence-corrected chi connectivity index (χ3v) is 7.04. The van der Waals surface area contributed by atoms with Gasteiger partial charge in [-0.15, -0.1) is 0 Å². The lowest BCUT2D eigenvalue weighted by molar-refractivity contribution is -0.122. The van der Waals surface area contributed by atoms with Gasteiger partial charge < -0.3 is 8.92 Å². The van der Waals surface area contributed by atoms with E-state index in [1.54, 1.807) is 43.3 Å². The highest BCUT2D eigenvalue weighted by Gasteiger charge is 2.36. The SMILES string of the molecule is CCOc1cc(/C=C2\C(=O)NC(=O)N(c3ccc(CC)cc3)C2=O)ccc1OS(=O)(=O)c1ccc(C)cc1. The molecule has 0 atom stereocenters. The standard InChI is InChI=1S/C28H26N2O7S/c1-4-19-8-11-21(12-9-19)30-27(32)23(26(31)29-28(30)33)16-20-10-15-24(25(17-20)36-5-2)37-38(34,35)22-13-6-18(3)7-14-22/h6-17H,4-5H2,1-3H3,(H,29,31,33)/b23-16+. The third-order valence-electron chi connectivity index (χ3n) is 5.79. The van der Waals surface area contributed by atoms with Gasteiger partial charge in [-0.3, -0.25) is 14.9 Å². The summed E-state index contributed by atoms with van der Waals surface area (Å²) in [5.41, 5.74) is 2.34. The maximum Gasteiger partial charge on any atom is 0.339 e. The molecule has 0 aromatic heterocycles. The van der Waals surface area contributed by atoms with E-state index >= 15 is 0 Å². The van der Waals surface area contributed by atoms with E-state index in [4.69, 9.17) is 8.92 Å². The number of urea groups is 1. The Morgan fingerprint density at radius 3 is 2.21 bits per heavy atom. The van der Waals surface area contributed by atoms with E-state index in [2.05, 4.69) is 5.32 Å². The topological polar surface area (TPSA) is 119 Å².